The molecule has 3 heteroatoms. The summed E-state index contributed by atoms with van der Waals surface area (Å²) in [6.07, 6.45) is 0. The van der Waals surface area contributed by atoms with Crippen LogP contribution in [-0.4, -0.2) is 16.8 Å². The van der Waals surface area contributed by atoms with E-state index in [0.29, 0.717) is 0 Å². The lowest BCUT2D eigenvalue weighted by molar-refractivity contribution is 0.0696. The standard InChI is InChI=1S/C5H14N2O/c1-4(6)5(2,3)7-8/h4,7-8H,6H2,1-3H3. The molecule has 1 atom stereocenters. The summed E-state index contributed by atoms with van der Waals surface area (Å²) in [5.41, 5.74) is 7.20. The maximum atomic E-state index is 8.43. The Labute approximate surface area is 49.8 Å². The van der Waals surface area contributed by atoms with Gasteiger partial charge in [-0.3, -0.25) is 0 Å². The minimum absolute atomic E-state index is 0.0486. The largest absolute Gasteiger partial charge is 0.326 e. The van der Waals surface area contributed by atoms with E-state index in [9.17, 15) is 0 Å². The summed E-state index contributed by atoms with van der Waals surface area (Å²) in [5, 5.41) is 8.43. The third-order valence-corrected chi connectivity index (χ3v) is 1.43. The van der Waals surface area contributed by atoms with Gasteiger partial charge in [-0.1, -0.05) is 0 Å². The van der Waals surface area contributed by atoms with E-state index in [1.54, 1.807) is 0 Å². The van der Waals surface area contributed by atoms with Crippen LogP contribution in [0, 0.1) is 0 Å². The number of rotatable bonds is 2. The fourth-order valence-electron chi connectivity index (χ4n) is 0.102. The van der Waals surface area contributed by atoms with E-state index in [1.807, 2.05) is 20.8 Å². The predicted octanol–water partition coefficient (Wildman–Crippen LogP) is 0.0910. The Morgan fingerprint density at radius 2 is 2.00 bits per heavy atom. The van der Waals surface area contributed by atoms with Crippen molar-refractivity contribution < 1.29 is 5.21 Å². The number of nitrogens with one attached hydrogen (secondary N) is 1. The van der Waals surface area contributed by atoms with Crippen molar-refractivity contribution in [3.05, 3.63) is 0 Å². The van der Waals surface area contributed by atoms with Crippen LogP contribution in [0.4, 0.5) is 0 Å². The number of hydrogen-bond acceptors (Lipinski definition) is 3. The lowest BCUT2D eigenvalue weighted by atomic mass is 9.99. The van der Waals surface area contributed by atoms with Crippen LogP contribution in [0.2, 0.25) is 0 Å². The van der Waals surface area contributed by atoms with E-state index < -0.39 is 0 Å². The normalized spacial score (nSPS) is 16.1. The second-order valence-electron chi connectivity index (χ2n) is 2.62. The lowest BCUT2D eigenvalue weighted by Crippen LogP contribution is -2.50. The quantitative estimate of drug-likeness (QED) is 0.450. The minimum Gasteiger partial charge on any atom is -0.326 e. The highest BCUT2D eigenvalue weighted by atomic mass is 16.5. The van der Waals surface area contributed by atoms with Crippen molar-refractivity contribution in [3.63, 3.8) is 0 Å². The van der Waals surface area contributed by atoms with Gasteiger partial charge >= 0.3 is 0 Å². The van der Waals surface area contributed by atoms with Crippen LogP contribution in [-0.2, 0) is 0 Å². The van der Waals surface area contributed by atoms with Crippen molar-refractivity contribution in [2.75, 3.05) is 0 Å². The van der Waals surface area contributed by atoms with Gasteiger partial charge in [-0.05, 0) is 20.8 Å². The summed E-state index contributed by atoms with van der Waals surface area (Å²) in [5.74, 6) is 0. The second kappa shape index (κ2) is 2.44. The van der Waals surface area contributed by atoms with Crippen molar-refractivity contribution in [2.24, 2.45) is 5.73 Å². The molecule has 0 aromatic carbocycles. The van der Waals surface area contributed by atoms with Crippen molar-refractivity contribution in [2.45, 2.75) is 32.4 Å². The van der Waals surface area contributed by atoms with Gasteiger partial charge in [0.25, 0.3) is 0 Å². The molecule has 4 N–H and O–H groups in total. The summed E-state index contributed by atoms with van der Waals surface area (Å²) in [7, 11) is 0. The van der Waals surface area contributed by atoms with E-state index in [0.717, 1.165) is 0 Å². The highest BCUT2D eigenvalue weighted by Crippen LogP contribution is 2.03. The number of hydrogen-bond donors (Lipinski definition) is 3. The zero-order chi connectivity index (χ0) is 6.78. The molecule has 0 spiro atoms. The lowest BCUT2D eigenvalue weighted by Gasteiger charge is -2.26. The molecule has 0 aliphatic carbocycles. The average Bonchev–Trinajstić information content (AvgIpc) is 1.67. The van der Waals surface area contributed by atoms with Crippen molar-refractivity contribution in [1.29, 1.82) is 0 Å². The molecule has 0 aromatic heterocycles. The van der Waals surface area contributed by atoms with Crippen LogP contribution in [0.3, 0.4) is 0 Å². The topological polar surface area (TPSA) is 58.3 Å². The van der Waals surface area contributed by atoms with Crippen molar-refractivity contribution in [1.82, 2.24) is 5.48 Å². The minimum atomic E-state index is -0.375. The zero-order valence-corrected chi connectivity index (χ0v) is 5.60. The van der Waals surface area contributed by atoms with Gasteiger partial charge in [0.1, 0.15) is 0 Å². The fourth-order valence-corrected chi connectivity index (χ4v) is 0.102. The molecule has 0 rings (SSSR count). The van der Waals surface area contributed by atoms with E-state index in [2.05, 4.69) is 5.48 Å². The fraction of sp³-hybridized carbons (Fsp3) is 1.00. The SMILES string of the molecule is CC(N)C(C)(C)NO. The molecule has 0 aliphatic heterocycles. The average molecular weight is 118 g/mol. The summed E-state index contributed by atoms with van der Waals surface area (Å²) in [4.78, 5) is 0. The molecular formula is C5H14N2O. The Hall–Kier alpha value is -0.120. The van der Waals surface area contributed by atoms with Crippen LogP contribution in [0.1, 0.15) is 20.8 Å². The van der Waals surface area contributed by atoms with Gasteiger partial charge in [0.15, 0.2) is 0 Å². The van der Waals surface area contributed by atoms with Crippen LogP contribution < -0.4 is 11.2 Å². The number of hydroxylamine groups is 1. The first kappa shape index (κ1) is 7.88. The number of nitrogens with two attached hydrogens (primary N) is 1. The molecule has 0 bridgehead atoms. The molecule has 0 aromatic rings. The van der Waals surface area contributed by atoms with Gasteiger partial charge in [0.2, 0.25) is 0 Å². The van der Waals surface area contributed by atoms with E-state index in [1.165, 1.54) is 0 Å². The Morgan fingerprint density at radius 3 is 2.00 bits per heavy atom. The van der Waals surface area contributed by atoms with E-state index in [-0.39, 0.29) is 11.6 Å². The molecule has 0 radical (unpaired) electrons. The molecule has 0 aliphatic rings. The molecule has 0 saturated carbocycles. The third kappa shape index (κ3) is 1.78. The van der Waals surface area contributed by atoms with E-state index in [4.69, 9.17) is 10.9 Å². The Morgan fingerprint density at radius 1 is 1.62 bits per heavy atom. The summed E-state index contributed by atoms with van der Waals surface area (Å²) in [6.45, 7) is 5.50. The van der Waals surface area contributed by atoms with Crippen molar-refractivity contribution in [3.8, 4) is 0 Å². The Balaban J connectivity index is 3.71. The van der Waals surface area contributed by atoms with Gasteiger partial charge in [0, 0.05) is 6.04 Å². The summed E-state index contributed by atoms with van der Waals surface area (Å²) >= 11 is 0. The molecule has 0 fully saturated rings. The van der Waals surface area contributed by atoms with Crippen LogP contribution >= 0.6 is 0 Å². The smallest absolute Gasteiger partial charge is 0.0521 e. The Kier molecular flexibility index (Phi) is 2.40. The maximum absolute atomic E-state index is 8.43. The monoisotopic (exact) mass is 118 g/mol. The third-order valence-electron chi connectivity index (χ3n) is 1.43. The molecule has 50 valence electrons. The molecule has 0 heterocycles. The molecule has 3 nitrogen and oxygen atoms in total. The van der Waals surface area contributed by atoms with Gasteiger partial charge in [-0.15, -0.1) is 0 Å². The highest BCUT2D eigenvalue weighted by molar-refractivity contribution is 4.82. The maximum Gasteiger partial charge on any atom is 0.0521 e. The van der Waals surface area contributed by atoms with Crippen molar-refractivity contribution >= 4 is 0 Å². The first-order valence-electron chi connectivity index (χ1n) is 2.67. The molecule has 0 saturated heterocycles. The first-order valence-corrected chi connectivity index (χ1v) is 2.67. The molecule has 1 unspecified atom stereocenters. The Bertz CT molecular complexity index is 70.8. The molecule has 8 heavy (non-hydrogen) atoms. The molecular weight excluding hydrogens is 104 g/mol. The first-order chi connectivity index (χ1) is 3.50. The molecule has 0 amide bonds. The van der Waals surface area contributed by atoms with Crippen LogP contribution in [0.5, 0.6) is 0 Å². The second-order valence-corrected chi connectivity index (χ2v) is 2.62. The predicted molar refractivity (Wildman–Crippen MR) is 32.7 cm³/mol. The van der Waals surface area contributed by atoms with Gasteiger partial charge in [0.05, 0.1) is 5.54 Å². The van der Waals surface area contributed by atoms with E-state index >= 15 is 0 Å². The summed E-state index contributed by atoms with van der Waals surface area (Å²) in [6, 6.07) is -0.0486. The van der Waals surface area contributed by atoms with Gasteiger partial charge in [-0.2, -0.15) is 5.48 Å². The highest BCUT2D eigenvalue weighted by Gasteiger charge is 2.20. The summed E-state index contributed by atoms with van der Waals surface area (Å²) < 4.78 is 0. The van der Waals surface area contributed by atoms with Gasteiger partial charge in [-0.25, -0.2) is 0 Å². The zero-order valence-electron chi connectivity index (χ0n) is 5.60. The van der Waals surface area contributed by atoms with Crippen LogP contribution in [0.15, 0.2) is 0 Å². The van der Waals surface area contributed by atoms with Gasteiger partial charge < -0.3 is 10.9 Å². The van der Waals surface area contributed by atoms with Crippen LogP contribution in [0.25, 0.3) is 0 Å².